The zero-order valence-electron chi connectivity index (χ0n) is 15.9. The largest absolute Gasteiger partial charge is 0.342 e. The molecular weight excluding hydrogens is 363 g/mol. The molecule has 0 spiro atoms. The van der Waals surface area contributed by atoms with Crippen LogP contribution in [0.1, 0.15) is 32.1 Å². The third-order valence-corrected chi connectivity index (χ3v) is 6.95. The van der Waals surface area contributed by atoms with Gasteiger partial charge in [0, 0.05) is 39.3 Å². The molecule has 0 atom stereocenters. The van der Waals surface area contributed by atoms with Crippen molar-refractivity contribution in [2.75, 3.05) is 44.7 Å². The van der Waals surface area contributed by atoms with Crippen molar-refractivity contribution < 1.29 is 9.18 Å². The Labute approximate surface area is 163 Å². The number of para-hydroxylation sites is 1. The van der Waals surface area contributed by atoms with E-state index in [1.165, 1.54) is 49.5 Å². The van der Waals surface area contributed by atoms with E-state index in [0.717, 1.165) is 36.9 Å². The summed E-state index contributed by atoms with van der Waals surface area (Å²) < 4.78 is 14.7. The number of fused-ring (bicyclic) bond motifs is 1. The molecule has 7 heteroatoms. The molecule has 1 aliphatic heterocycles. The Balaban J connectivity index is 1.32. The molecule has 0 N–H and O–H groups in total. The van der Waals surface area contributed by atoms with Crippen molar-refractivity contribution in [3.05, 3.63) is 24.0 Å². The summed E-state index contributed by atoms with van der Waals surface area (Å²) in [6.07, 6.45) is 6.68. The molecular formula is C20H27FN4OS. The van der Waals surface area contributed by atoms with Crippen molar-refractivity contribution in [3.63, 3.8) is 0 Å². The van der Waals surface area contributed by atoms with E-state index in [1.807, 2.05) is 22.9 Å². The molecule has 27 heavy (non-hydrogen) atoms. The molecule has 2 fully saturated rings. The number of halogens is 1. The van der Waals surface area contributed by atoms with Crippen LogP contribution in [-0.4, -0.2) is 66.5 Å². The van der Waals surface area contributed by atoms with E-state index in [2.05, 4.69) is 9.88 Å². The van der Waals surface area contributed by atoms with Crippen LogP contribution in [0, 0.1) is 5.82 Å². The fourth-order valence-corrected chi connectivity index (χ4v) is 5.16. The van der Waals surface area contributed by atoms with Gasteiger partial charge in [0.25, 0.3) is 0 Å². The number of rotatable bonds is 4. The third-order valence-electron chi connectivity index (χ3n) is 5.82. The number of carbonyl (C=O) groups excluding carboxylic acids is 1. The zero-order chi connectivity index (χ0) is 18.8. The molecule has 1 saturated carbocycles. The van der Waals surface area contributed by atoms with Gasteiger partial charge < -0.3 is 9.80 Å². The van der Waals surface area contributed by atoms with Gasteiger partial charge in [0.2, 0.25) is 5.91 Å². The maximum absolute atomic E-state index is 13.9. The second-order valence-corrected chi connectivity index (χ2v) is 8.66. The van der Waals surface area contributed by atoms with Crippen molar-refractivity contribution in [2.24, 2.45) is 0 Å². The monoisotopic (exact) mass is 390 g/mol. The van der Waals surface area contributed by atoms with Crippen molar-refractivity contribution in [1.82, 2.24) is 14.8 Å². The molecule has 0 unspecified atom stereocenters. The summed E-state index contributed by atoms with van der Waals surface area (Å²) in [6, 6.07) is 5.69. The second-order valence-electron chi connectivity index (χ2n) is 7.65. The number of piperazine rings is 1. The highest BCUT2D eigenvalue weighted by atomic mass is 32.1. The smallest absolute Gasteiger partial charge is 0.242 e. The van der Waals surface area contributed by atoms with Gasteiger partial charge in [-0.2, -0.15) is 0 Å². The molecule has 146 valence electrons. The Morgan fingerprint density at radius 1 is 1.22 bits per heavy atom. The maximum Gasteiger partial charge on any atom is 0.242 e. The summed E-state index contributed by atoms with van der Waals surface area (Å²) >= 11 is 1.42. The molecule has 1 aromatic carbocycles. The van der Waals surface area contributed by atoms with E-state index >= 15 is 0 Å². The van der Waals surface area contributed by atoms with Crippen LogP contribution >= 0.6 is 11.3 Å². The average molecular weight is 391 g/mol. The lowest BCUT2D eigenvalue weighted by Gasteiger charge is -2.41. The first-order valence-electron chi connectivity index (χ1n) is 9.90. The van der Waals surface area contributed by atoms with E-state index in [4.69, 9.17) is 0 Å². The van der Waals surface area contributed by atoms with Gasteiger partial charge in [-0.05, 0) is 25.0 Å². The van der Waals surface area contributed by atoms with E-state index in [1.54, 1.807) is 6.07 Å². The number of carbonyl (C=O) groups is 1. The number of anilines is 1. The normalized spacial score (nSPS) is 19.6. The molecule has 2 aliphatic rings. The number of hydrogen-bond acceptors (Lipinski definition) is 5. The van der Waals surface area contributed by atoms with E-state index in [-0.39, 0.29) is 18.3 Å². The first-order valence-corrected chi connectivity index (χ1v) is 10.7. The van der Waals surface area contributed by atoms with Gasteiger partial charge in [0.15, 0.2) is 5.13 Å². The van der Waals surface area contributed by atoms with Crippen molar-refractivity contribution in [3.8, 4) is 0 Å². The lowest BCUT2D eigenvalue weighted by molar-refractivity contribution is -0.131. The highest BCUT2D eigenvalue weighted by Gasteiger charge is 2.27. The topological polar surface area (TPSA) is 39.7 Å². The van der Waals surface area contributed by atoms with Crippen LogP contribution < -0.4 is 4.90 Å². The van der Waals surface area contributed by atoms with E-state index in [0.29, 0.717) is 10.6 Å². The number of benzene rings is 1. The van der Waals surface area contributed by atoms with Gasteiger partial charge >= 0.3 is 0 Å². The lowest BCUT2D eigenvalue weighted by atomic mass is 9.94. The number of likely N-dealkylation sites (N-methyl/N-ethyl adjacent to an activating group) is 1. The molecule has 1 saturated heterocycles. The number of hydrogen-bond donors (Lipinski definition) is 0. The first-order chi connectivity index (χ1) is 13.1. The molecule has 2 heterocycles. The Bertz CT molecular complexity index is 796. The Morgan fingerprint density at radius 2 is 1.96 bits per heavy atom. The lowest BCUT2D eigenvalue weighted by Crippen LogP contribution is -2.53. The molecule has 1 aromatic heterocycles. The Morgan fingerprint density at radius 3 is 2.67 bits per heavy atom. The van der Waals surface area contributed by atoms with Gasteiger partial charge in [-0.15, -0.1) is 0 Å². The fourth-order valence-electron chi connectivity index (χ4n) is 4.22. The SMILES string of the molecule is CN(CC(=O)N1CCN(C2CCCCC2)CC1)c1nc2c(F)cccc2s1. The van der Waals surface area contributed by atoms with Crippen LogP contribution in [0.2, 0.25) is 0 Å². The van der Waals surface area contributed by atoms with Crippen LogP contribution in [-0.2, 0) is 4.79 Å². The second kappa shape index (κ2) is 8.10. The van der Waals surface area contributed by atoms with Gasteiger partial charge in [-0.25, -0.2) is 9.37 Å². The summed E-state index contributed by atoms with van der Waals surface area (Å²) in [7, 11) is 1.85. The summed E-state index contributed by atoms with van der Waals surface area (Å²) in [5.74, 6) is -0.186. The minimum Gasteiger partial charge on any atom is -0.342 e. The summed E-state index contributed by atoms with van der Waals surface area (Å²) in [6.45, 7) is 3.85. The van der Waals surface area contributed by atoms with Gasteiger partial charge in [-0.1, -0.05) is 36.7 Å². The number of nitrogens with zero attached hydrogens (tertiary/aromatic N) is 4. The van der Waals surface area contributed by atoms with Gasteiger partial charge in [0.1, 0.15) is 11.3 Å². The summed E-state index contributed by atoms with van der Waals surface area (Å²) in [5, 5.41) is 0.685. The quantitative estimate of drug-likeness (QED) is 0.803. The highest BCUT2D eigenvalue weighted by molar-refractivity contribution is 7.22. The summed E-state index contributed by atoms with van der Waals surface area (Å²) in [4.78, 5) is 23.5. The van der Waals surface area contributed by atoms with Crippen molar-refractivity contribution >= 4 is 32.6 Å². The van der Waals surface area contributed by atoms with Crippen molar-refractivity contribution in [1.29, 1.82) is 0 Å². The molecule has 0 radical (unpaired) electrons. The predicted molar refractivity (Wildman–Crippen MR) is 108 cm³/mol. The van der Waals surface area contributed by atoms with Crippen LogP contribution in [0.4, 0.5) is 9.52 Å². The van der Waals surface area contributed by atoms with E-state index < -0.39 is 0 Å². The van der Waals surface area contributed by atoms with E-state index in [9.17, 15) is 9.18 Å². The molecule has 2 aromatic rings. The Hall–Kier alpha value is -1.73. The number of aromatic nitrogens is 1. The van der Waals surface area contributed by atoms with Crippen LogP contribution in [0.5, 0.6) is 0 Å². The zero-order valence-corrected chi connectivity index (χ0v) is 16.7. The molecule has 4 rings (SSSR count). The van der Waals surface area contributed by atoms with Crippen molar-refractivity contribution in [2.45, 2.75) is 38.1 Å². The van der Waals surface area contributed by atoms with Crippen LogP contribution in [0.25, 0.3) is 10.2 Å². The standard InChI is InChI=1S/C20H27FN4OS/c1-23(20-22-19-16(21)8-5-9-17(19)27-20)14-18(26)25-12-10-24(11-13-25)15-6-3-2-4-7-15/h5,8-9,15H,2-4,6-7,10-14H2,1H3. The average Bonchev–Trinajstić information content (AvgIpc) is 3.15. The molecule has 1 amide bonds. The third kappa shape index (κ3) is 4.09. The van der Waals surface area contributed by atoms with Crippen LogP contribution in [0.15, 0.2) is 18.2 Å². The molecule has 5 nitrogen and oxygen atoms in total. The minimum absolute atomic E-state index is 0.125. The molecule has 1 aliphatic carbocycles. The minimum atomic E-state index is -0.312. The Kier molecular flexibility index (Phi) is 5.59. The summed E-state index contributed by atoms with van der Waals surface area (Å²) in [5.41, 5.74) is 0.387. The van der Waals surface area contributed by atoms with Gasteiger partial charge in [-0.3, -0.25) is 9.69 Å². The van der Waals surface area contributed by atoms with Crippen LogP contribution in [0.3, 0.4) is 0 Å². The number of thiazole rings is 1. The highest BCUT2D eigenvalue weighted by Crippen LogP contribution is 2.29. The maximum atomic E-state index is 13.9. The number of amides is 1. The predicted octanol–water partition coefficient (Wildman–Crippen LogP) is 3.35. The fraction of sp³-hybridized carbons (Fsp3) is 0.600. The van der Waals surface area contributed by atoms with Gasteiger partial charge in [0.05, 0.1) is 11.2 Å². The first kappa shape index (κ1) is 18.6. The molecule has 0 bridgehead atoms.